The van der Waals surface area contributed by atoms with Gasteiger partial charge in [0.1, 0.15) is 17.9 Å². The summed E-state index contributed by atoms with van der Waals surface area (Å²) in [5.41, 5.74) is -0.901. The van der Waals surface area contributed by atoms with Crippen LogP contribution in [0.3, 0.4) is 0 Å². The number of hydrogen-bond acceptors (Lipinski definition) is 7. The van der Waals surface area contributed by atoms with Crippen LogP contribution in [0.2, 0.25) is 0 Å². The number of carbonyl (C=O) groups excluding carboxylic acids is 3. The molecule has 2 atom stereocenters. The molecule has 2 aromatic rings. The van der Waals surface area contributed by atoms with Crippen molar-refractivity contribution < 1.29 is 23.9 Å². The van der Waals surface area contributed by atoms with E-state index in [-0.39, 0.29) is 36.3 Å². The molecule has 1 aromatic heterocycles. The number of fused-ring (bicyclic) bond motifs is 1. The van der Waals surface area contributed by atoms with Crippen molar-refractivity contribution in [1.82, 2.24) is 25.1 Å². The Hall–Kier alpha value is -3.63. The minimum atomic E-state index is -0.919. The number of aromatic amines is 1. The lowest BCUT2D eigenvalue weighted by molar-refractivity contribution is -0.140. The van der Waals surface area contributed by atoms with E-state index in [0.717, 1.165) is 24.2 Å². The molecule has 0 bridgehead atoms. The second kappa shape index (κ2) is 9.55. The van der Waals surface area contributed by atoms with Crippen molar-refractivity contribution in [3.05, 3.63) is 28.3 Å². The molecule has 1 saturated carbocycles. The Balaban J connectivity index is 1.53. The highest BCUT2D eigenvalue weighted by Gasteiger charge is 2.55. The highest BCUT2D eigenvalue weighted by atomic mass is 16.5. The monoisotopic (exact) mass is 485 g/mol. The number of nitrogens with one attached hydrogen (secondary N) is 2. The van der Waals surface area contributed by atoms with Gasteiger partial charge in [0.25, 0.3) is 11.5 Å². The summed E-state index contributed by atoms with van der Waals surface area (Å²) < 4.78 is 10.5. The molecule has 1 aliphatic heterocycles. The van der Waals surface area contributed by atoms with E-state index in [0.29, 0.717) is 35.4 Å². The van der Waals surface area contributed by atoms with Crippen molar-refractivity contribution in [2.45, 2.75) is 51.6 Å². The molecule has 2 fully saturated rings. The molecule has 11 nitrogen and oxygen atoms in total. The van der Waals surface area contributed by atoms with E-state index in [2.05, 4.69) is 15.3 Å². The molecular formula is C24H31N5O6. The van der Waals surface area contributed by atoms with Crippen molar-refractivity contribution in [1.29, 1.82) is 0 Å². The van der Waals surface area contributed by atoms with Gasteiger partial charge in [-0.1, -0.05) is 19.8 Å². The second-order valence-corrected chi connectivity index (χ2v) is 9.08. The lowest BCUT2D eigenvalue weighted by Crippen LogP contribution is -2.54. The molecule has 2 aliphatic rings. The number of likely N-dealkylation sites (N-methyl/N-ethyl adjacent to an activating group) is 1. The van der Waals surface area contributed by atoms with E-state index < -0.39 is 17.5 Å². The molecule has 11 heteroatoms. The number of hydrogen-bond donors (Lipinski definition) is 2. The average Bonchev–Trinajstić information content (AvgIpc) is 3.08. The quantitative estimate of drug-likeness (QED) is 0.571. The van der Waals surface area contributed by atoms with Gasteiger partial charge < -0.3 is 24.7 Å². The third kappa shape index (κ3) is 4.30. The average molecular weight is 486 g/mol. The van der Waals surface area contributed by atoms with E-state index in [1.54, 1.807) is 19.1 Å². The number of rotatable bonds is 7. The normalized spacial score (nSPS) is 21.9. The third-order valence-corrected chi connectivity index (χ3v) is 7.13. The van der Waals surface area contributed by atoms with Gasteiger partial charge in [0.15, 0.2) is 11.5 Å². The van der Waals surface area contributed by atoms with Crippen molar-refractivity contribution in [3.63, 3.8) is 0 Å². The topological polar surface area (TPSA) is 134 Å². The van der Waals surface area contributed by atoms with Crippen LogP contribution >= 0.6 is 0 Å². The van der Waals surface area contributed by atoms with Crippen molar-refractivity contribution in [2.75, 3.05) is 27.3 Å². The molecule has 1 spiro atoms. The van der Waals surface area contributed by atoms with Crippen LogP contribution in [0.25, 0.3) is 10.9 Å². The Morgan fingerprint density at radius 2 is 1.91 bits per heavy atom. The maximum atomic E-state index is 13.2. The largest absolute Gasteiger partial charge is 0.493 e. The Labute approximate surface area is 202 Å². The first-order valence-electron chi connectivity index (χ1n) is 11.8. The molecule has 4 rings (SSSR count). The SMILES string of the molecule is CCN(Cc1nc2cc(OC)c(OC)cc2c(=O)[nH]1)C(=O)CN1C(=O)N[C@@]2(CCCC[C@@H]2C)C1=O. The lowest BCUT2D eigenvalue weighted by atomic mass is 9.73. The molecule has 0 unspecified atom stereocenters. The van der Waals surface area contributed by atoms with Gasteiger partial charge in [0.05, 0.1) is 31.7 Å². The smallest absolute Gasteiger partial charge is 0.325 e. The van der Waals surface area contributed by atoms with Crippen LogP contribution in [-0.2, 0) is 16.1 Å². The molecule has 0 radical (unpaired) electrons. The van der Waals surface area contributed by atoms with Gasteiger partial charge in [-0.05, 0) is 31.7 Å². The molecule has 35 heavy (non-hydrogen) atoms. The van der Waals surface area contributed by atoms with Gasteiger partial charge in [-0.2, -0.15) is 0 Å². The molecule has 2 N–H and O–H groups in total. The fourth-order valence-electron chi connectivity index (χ4n) is 5.02. The first-order valence-corrected chi connectivity index (χ1v) is 11.8. The third-order valence-electron chi connectivity index (χ3n) is 7.13. The first-order chi connectivity index (χ1) is 16.7. The standard InChI is InChI=1S/C24H31N5O6/c1-5-28(12-19-25-16-11-18(35-4)17(34-3)10-15(16)21(31)26-19)20(30)13-29-22(32)24(27-23(29)33)9-7-6-8-14(24)2/h10-11,14H,5-9,12-13H2,1-4H3,(H,27,33)(H,25,26,31)/t14-,24+/m0/s1. The predicted molar refractivity (Wildman–Crippen MR) is 127 cm³/mol. The van der Waals surface area contributed by atoms with Gasteiger partial charge in [0, 0.05) is 12.6 Å². The fourth-order valence-corrected chi connectivity index (χ4v) is 5.02. The van der Waals surface area contributed by atoms with Crippen molar-refractivity contribution in [2.24, 2.45) is 5.92 Å². The summed E-state index contributed by atoms with van der Waals surface area (Å²) in [5.74, 6) is 0.377. The Morgan fingerprint density at radius 1 is 1.20 bits per heavy atom. The maximum absolute atomic E-state index is 13.2. The number of urea groups is 1. The Morgan fingerprint density at radius 3 is 2.57 bits per heavy atom. The summed E-state index contributed by atoms with van der Waals surface area (Å²) >= 11 is 0. The summed E-state index contributed by atoms with van der Waals surface area (Å²) in [6, 6.07) is 2.61. The molecule has 1 aliphatic carbocycles. The van der Waals surface area contributed by atoms with Gasteiger partial charge in [-0.15, -0.1) is 0 Å². The number of aromatic nitrogens is 2. The number of carbonyl (C=O) groups is 3. The van der Waals surface area contributed by atoms with Crippen LogP contribution in [0, 0.1) is 5.92 Å². The second-order valence-electron chi connectivity index (χ2n) is 9.08. The zero-order valence-electron chi connectivity index (χ0n) is 20.5. The van der Waals surface area contributed by atoms with Gasteiger partial charge in [-0.25, -0.2) is 9.78 Å². The van der Waals surface area contributed by atoms with Gasteiger partial charge in [0.2, 0.25) is 5.91 Å². The number of methoxy groups -OCH3 is 2. The van der Waals surface area contributed by atoms with Crippen molar-refractivity contribution in [3.8, 4) is 11.5 Å². The molecule has 188 valence electrons. The molecule has 4 amide bonds. The maximum Gasteiger partial charge on any atom is 0.325 e. The number of amides is 4. The lowest BCUT2D eigenvalue weighted by Gasteiger charge is -2.36. The first kappa shape index (κ1) is 24.5. The predicted octanol–water partition coefficient (Wildman–Crippen LogP) is 1.79. The fraction of sp³-hybridized carbons (Fsp3) is 0.542. The van der Waals surface area contributed by atoms with Gasteiger partial charge in [-0.3, -0.25) is 19.3 Å². The molecular weight excluding hydrogens is 454 g/mol. The van der Waals surface area contributed by atoms with E-state index >= 15 is 0 Å². The van der Waals surface area contributed by atoms with Crippen LogP contribution in [0.5, 0.6) is 11.5 Å². The zero-order valence-corrected chi connectivity index (χ0v) is 20.5. The van der Waals surface area contributed by atoms with E-state index in [4.69, 9.17) is 9.47 Å². The Kier molecular flexibility index (Phi) is 6.68. The summed E-state index contributed by atoms with van der Waals surface area (Å²) in [6.07, 6.45) is 3.31. The number of nitrogens with zero attached hydrogens (tertiary/aromatic N) is 3. The van der Waals surface area contributed by atoms with E-state index in [1.165, 1.54) is 19.1 Å². The zero-order chi connectivity index (χ0) is 25.3. The van der Waals surface area contributed by atoms with E-state index in [9.17, 15) is 19.2 Å². The summed E-state index contributed by atoms with van der Waals surface area (Å²) in [6.45, 7) is 3.70. The summed E-state index contributed by atoms with van der Waals surface area (Å²) in [4.78, 5) is 61.3. The molecule has 2 heterocycles. The Bertz CT molecular complexity index is 1230. The number of ether oxygens (including phenoxy) is 2. The van der Waals surface area contributed by atoms with Crippen LogP contribution in [0.4, 0.5) is 4.79 Å². The molecule has 1 saturated heterocycles. The van der Waals surface area contributed by atoms with Crippen molar-refractivity contribution >= 4 is 28.7 Å². The number of H-pyrrole nitrogens is 1. The highest BCUT2D eigenvalue weighted by molar-refractivity contribution is 6.09. The minimum Gasteiger partial charge on any atom is -0.493 e. The highest BCUT2D eigenvalue weighted by Crippen LogP contribution is 2.38. The summed E-state index contributed by atoms with van der Waals surface area (Å²) in [7, 11) is 2.97. The van der Waals surface area contributed by atoms with Crippen LogP contribution in [0.15, 0.2) is 16.9 Å². The molecule has 1 aromatic carbocycles. The number of benzene rings is 1. The van der Waals surface area contributed by atoms with Gasteiger partial charge >= 0.3 is 6.03 Å². The van der Waals surface area contributed by atoms with E-state index in [1.807, 2.05) is 6.92 Å². The van der Waals surface area contributed by atoms with Crippen LogP contribution < -0.4 is 20.3 Å². The summed E-state index contributed by atoms with van der Waals surface area (Å²) in [5, 5.41) is 3.19. The van der Waals surface area contributed by atoms with Crippen LogP contribution in [-0.4, -0.2) is 70.5 Å². The number of imide groups is 1. The minimum absolute atomic E-state index is 0.0116. The van der Waals surface area contributed by atoms with Crippen LogP contribution in [0.1, 0.15) is 45.4 Å².